The Morgan fingerprint density at radius 2 is 1.57 bits per heavy atom. The van der Waals surface area contributed by atoms with E-state index in [2.05, 4.69) is 11.4 Å². The molecule has 0 bridgehead atoms. The zero-order chi connectivity index (χ0) is 22.6. The summed E-state index contributed by atoms with van der Waals surface area (Å²) in [5, 5.41) is 3.89. The second-order valence-electron chi connectivity index (χ2n) is 8.81. The van der Waals surface area contributed by atoms with Gasteiger partial charge < -0.3 is 10.2 Å². The molecule has 0 aliphatic rings. The van der Waals surface area contributed by atoms with Crippen molar-refractivity contribution in [3.05, 3.63) is 68.7 Å². The van der Waals surface area contributed by atoms with Crippen LogP contribution in [0, 0.1) is 13.8 Å². The van der Waals surface area contributed by atoms with Gasteiger partial charge in [0.2, 0.25) is 11.8 Å². The number of nitrogens with zero attached hydrogens (tertiary/aromatic N) is 1. The van der Waals surface area contributed by atoms with Crippen molar-refractivity contribution in [2.75, 3.05) is 0 Å². The van der Waals surface area contributed by atoms with Crippen LogP contribution in [0.5, 0.6) is 0 Å². The van der Waals surface area contributed by atoms with E-state index >= 15 is 0 Å². The van der Waals surface area contributed by atoms with Gasteiger partial charge in [0, 0.05) is 27.7 Å². The van der Waals surface area contributed by atoms with Gasteiger partial charge in [-0.2, -0.15) is 0 Å². The van der Waals surface area contributed by atoms with Gasteiger partial charge in [-0.3, -0.25) is 9.59 Å². The lowest BCUT2D eigenvalue weighted by Gasteiger charge is -2.32. The van der Waals surface area contributed by atoms with Gasteiger partial charge in [0.05, 0.1) is 6.42 Å². The van der Waals surface area contributed by atoms with E-state index in [1.807, 2.05) is 46.8 Å². The Morgan fingerprint density at radius 1 is 1.03 bits per heavy atom. The van der Waals surface area contributed by atoms with E-state index in [-0.39, 0.29) is 24.8 Å². The van der Waals surface area contributed by atoms with Gasteiger partial charge in [-0.25, -0.2) is 0 Å². The normalized spacial score (nSPS) is 12.4. The average molecular weight is 449 g/mol. The third kappa shape index (κ3) is 6.75. The Bertz CT molecular complexity index is 895. The third-order valence-corrected chi connectivity index (χ3v) is 5.40. The predicted molar refractivity (Wildman–Crippen MR) is 124 cm³/mol. The number of carbonyl (C=O) groups is 2. The summed E-state index contributed by atoms with van der Waals surface area (Å²) in [6.45, 7) is 11.6. The van der Waals surface area contributed by atoms with E-state index in [9.17, 15) is 9.59 Å². The molecule has 0 saturated heterocycles. The Hall–Kier alpha value is -2.04. The smallest absolute Gasteiger partial charge is 0.242 e. The molecular formula is C24H30Cl2N2O2. The van der Waals surface area contributed by atoms with Gasteiger partial charge in [0.25, 0.3) is 0 Å². The van der Waals surface area contributed by atoms with Crippen LogP contribution in [0.2, 0.25) is 10.0 Å². The SMILES string of the molecule is Cc1cc(C)cc(CC(=O)N(Cc2c(Cl)cccc2Cl)[C@H](C)C(=O)NC(C)(C)C)c1. The van der Waals surface area contributed by atoms with Gasteiger partial charge in [-0.15, -0.1) is 0 Å². The van der Waals surface area contributed by atoms with Crippen LogP contribution in [0.4, 0.5) is 0 Å². The van der Waals surface area contributed by atoms with Crippen molar-refractivity contribution in [2.24, 2.45) is 0 Å². The Kier molecular flexibility index (Phi) is 7.95. The lowest BCUT2D eigenvalue weighted by Crippen LogP contribution is -2.52. The van der Waals surface area contributed by atoms with Gasteiger partial charge in [-0.05, 0) is 59.2 Å². The van der Waals surface area contributed by atoms with Crippen LogP contribution in [-0.4, -0.2) is 28.3 Å². The van der Waals surface area contributed by atoms with Gasteiger partial charge in [-0.1, -0.05) is 58.6 Å². The van der Waals surface area contributed by atoms with Gasteiger partial charge >= 0.3 is 0 Å². The van der Waals surface area contributed by atoms with Crippen LogP contribution < -0.4 is 5.32 Å². The fraction of sp³-hybridized carbons (Fsp3) is 0.417. The first-order valence-corrected chi connectivity index (χ1v) is 10.7. The average Bonchev–Trinajstić information content (AvgIpc) is 2.58. The number of rotatable bonds is 6. The van der Waals surface area contributed by atoms with Crippen molar-refractivity contribution < 1.29 is 9.59 Å². The molecule has 1 N–H and O–H groups in total. The fourth-order valence-electron chi connectivity index (χ4n) is 3.36. The minimum Gasteiger partial charge on any atom is -0.350 e. The summed E-state index contributed by atoms with van der Waals surface area (Å²) < 4.78 is 0. The van der Waals surface area contributed by atoms with Gasteiger partial charge in [0.1, 0.15) is 6.04 Å². The molecule has 0 saturated carbocycles. The topological polar surface area (TPSA) is 49.4 Å². The molecule has 2 rings (SSSR count). The van der Waals surface area contributed by atoms with Crippen LogP contribution in [0.15, 0.2) is 36.4 Å². The highest BCUT2D eigenvalue weighted by molar-refractivity contribution is 6.36. The molecule has 4 nitrogen and oxygen atoms in total. The van der Waals surface area contributed by atoms with Crippen molar-refractivity contribution in [1.82, 2.24) is 10.2 Å². The molecule has 0 aromatic heterocycles. The number of hydrogen-bond acceptors (Lipinski definition) is 2. The fourth-order valence-corrected chi connectivity index (χ4v) is 3.87. The maximum Gasteiger partial charge on any atom is 0.242 e. The number of hydrogen-bond donors (Lipinski definition) is 1. The summed E-state index contributed by atoms with van der Waals surface area (Å²) in [5.41, 5.74) is 3.32. The molecule has 0 aliphatic heterocycles. The third-order valence-electron chi connectivity index (χ3n) is 4.69. The summed E-state index contributed by atoms with van der Waals surface area (Å²) in [6, 6.07) is 10.6. The monoisotopic (exact) mass is 448 g/mol. The highest BCUT2D eigenvalue weighted by Gasteiger charge is 2.29. The van der Waals surface area contributed by atoms with Crippen LogP contribution in [0.3, 0.4) is 0 Å². The number of benzene rings is 2. The summed E-state index contributed by atoms with van der Waals surface area (Å²) in [4.78, 5) is 27.7. The van der Waals surface area contributed by atoms with Crippen molar-refractivity contribution in [1.29, 1.82) is 0 Å². The quantitative estimate of drug-likeness (QED) is 0.635. The van der Waals surface area contributed by atoms with E-state index in [4.69, 9.17) is 23.2 Å². The second kappa shape index (κ2) is 9.84. The highest BCUT2D eigenvalue weighted by Crippen LogP contribution is 2.27. The number of aryl methyl sites for hydroxylation is 2. The Balaban J connectivity index is 2.36. The number of carbonyl (C=O) groups excluding carboxylic acids is 2. The van der Waals surface area contributed by atoms with E-state index in [1.165, 1.54) is 0 Å². The first-order valence-electron chi connectivity index (χ1n) is 9.99. The first-order chi connectivity index (χ1) is 13.9. The molecule has 0 radical (unpaired) electrons. The minimum atomic E-state index is -0.685. The molecule has 1 atom stereocenters. The molecule has 0 spiro atoms. The Morgan fingerprint density at radius 3 is 2.07 bits per heavy atom. The molecule has 0 aliphatic carbocycles. The molecule has 2 amide bonds. The molecule has 162 valence electrons. The largest absolute Gasteiger partial charge is 0.350 e. The lowest BCUT2D eigenvalue weighted by atomic mass is 10.0. The predicted octanol–water partition coefficient (Wildman–Crippen LogP) is 5.48. The summed E-state index contributed by atoms with van der Waals surface area (Å²) in [6.07, 6.45) is 0.192. The van der Waals surface area contributed by atoms with Crippen LogP contribution >= 0.6 is 23.2 Å². The van der Waals surface area contributed by atoms with Gasteiger partial charge in [0.15, 0.2) is 0 Å². The minimum absolute atomic E-state index is 0.154. The van der Waals surface area contributed by atoms with Crippen LogP contribution in [0.25, 0.3) is 0 Å². The zero-order valence-corrected chi connectivity index (χ0v) is 20.0. The number of halogens is 2. The standard InChI is InChI=1S/C24H30Cl2N2O2/c1-15-10-16(2)12-18(11-15)13-22(29)28(17(3)23(30)27-24(4,5)6)14-19-20(25)8-7-9-21(19)26/h7-12,17H,13-14H2,1-6H3,(H,27,30)/t17-/m1/s1. The van der Waals surface area contributed by atoms with E-state index in [0.717, 1.165) is 16.7 Å². The van der Waals surface area contributed by atoms with Crippen molar-refractivity contribution in [2.45, 2.75) is 66.1 Å². The molecule has 0 heterocycles. The molecule has 2 aromatic rings. The Labute approximate surface area is 189 Å². The van der Waals surface area contributed by atoms with Crippen molar-refractivity contribution in [3.8, 4) is 0 Å². The second-order valence-corrected chi connectivity index (χ2v) is 9.62. The molecule has 30 heavy (non-hydrogen) atoms. The zero-order valence-electron chi connectivity index (χ0n) is 18.5. The molecular weight excluding hydrogens is 419 g/mol. The summed E-state index contributed by atoms with van der Waals surface area (Å²) in [5.74, 6) is -0.382. The highest BCUT2D eigenvalue weighted by atomic mass is 35.5. The molecule has 2 aromatic carbocycles. The molecule has 6 heteroatoms. The number of nitrogens with one attached hydrogen (secondary N) is 1. The summed E-state index contributed by atoms with van der Waals surface area (Å²) >= 11 is 12.7. The maximum absolute atomic E-state index is 13.3. The van der Waals surface area contributed by atoms with Crippen LogP contribution in [0.1, 0.15) is 49.9 Å². The summed E-state index contributed by atoms with van der Waals surface area (Å²) in [7, 11) is 0. The molecule has 0 fully saturated rings. The number of amides is 2. The van der Waals surface area contributed by atoms with Crippen molar-refractivity contribution in [3.63, 3.8) is 0 Å². The van der Waals surface area contributed by atoms with Crippen molar-refractivity contribution >= 4 is 35.0 Å². The first kappa shape index (κ1) is 24.2. The lowest BCUT2D eigenvalue weighted by molar-refractivity contribution is -0.140. The van der Waals surface area contributed by atoms with Crippen LogP contribution in [-0.2, 0) is 22.6 Å². The molecule has 0 unspecified atom stereocenters. The van der Waals surface area contributed by atoms with E-state index in [0.29, 0.717) is 15.6 Å². The van der Waals surface area contributed by atoms with E-state index in [1.54, 1.807) is 30.0 Å². The maximum atomic E-state index is 13.3. The van der Waals surface area contributed by atoms with E-state index < -0.39 is 11.6 Å².